The first-order valence-electron chi connectivity index (χ1n) is 8.09. The van der Waals surface area contributed by atoms with Gasteiger partial charge in [0.15, 0.2) is 0 Å². The highest BCUT2D eigenvalue weighted by Crippen LogP contribution is 2.26. The molecular formula is C17H23N3O3. The summed E-state index contributed by atoms with van der Waals surface area (Å²) in [6.45, 7) is 5.30. The molecule has 2 aliphatic rings. The van der Waals surface area contributed by atoms with Crippen molar-refractivity contribution in [2.24, 2.45) is 0 Å². The number of rotatable bonds is 3. The van der Waals surface area contributed by atoms with Crippen LogP contribution in [-0.4, -0.2) is 58.7 Å². The maximum atomic E-state index is 12.7. The minimum atomic E-state index is -0.500. The molecular weight excluding hydrogens is 294 g/mol. The topological polar surface area (TPSA) is 64.1 Å². The van der Waals surface area contributed by atoms with Gasteiger partial charge in [-0.2, -0.15) is 0 Å². The van der Waals surface area contributed by atoms with Crippen molar-refractivity contribution in [3.05, 3.63) is 29.8 Å². The predicted molar refractivity (Wildman–Crippen MR) is 87.0 cm³/mol. The van der Waals surface area contributed by atoms with E-state index in [0.29, 0.717) is 6.54 Å². The molecule has 0 aromatic heterocycles. The number of hydrogen-bond donors (Lipinski definition) is 1. The minimum absolute atomic E-state index is 0.185. The summed E-state index contributed by atoms with van der Waals surface area (Å²) >= 11 is 0. The molecule has 0 aliphatic carbocycles. The molecule has 0 radical (unpaired) electrons. The van der Waals surface area contributed by atoms with Gasteiger partial charge in [-0.15, -0.1) is 0 Å². The fourth-order valence-electron chi connectivity index (χ4n) is 3.26. The lowest BCUT2D eigenvalue weighted by Crippen LogP contribution is -2.47. The summed E-state index contributed by atoms with van der Waals surface area (Å²) < 4.78 is 0. The van der Waals surface area contributed by atoms with Crippen LogP contribution < -0.4 is 4.90 Å². The van der Waals surface area contributed by atoms with E-state index in [1.807, 2.05) is 36.1 Å². The highest BCUT2D eigenvalue weighted by Gasteiger charge is 2.44. The second-order valence-corrected chi connectivity index (χ2v) is 6.44. The lowest BCUT2D eigenvalue weighted by molar-refractivity contribution is -0.128. The molecule has 2 atom stereocenters. The van der Waals surface area contributed by atoms with Crippen LogP contribution in [-0.2, 0) is 4.79 Å². The minimum Gasteiger partial charge on any atom is -0.392 e. The summed E-state index contributed by atoms with van der Waals surface area (Å²) in [6.07, 6.45) is 1.29. The Morgan fingerprint density at radius 3 is 2.57 bits per heavy atom. The Morgan fingerprint density at radius 1 is 1.22 bits per heavy atom. The Morgan fingerprint density at radius 2 is 1.91 bits per heavy atom. The van der Waals surface area contributed by atoms with Crippen molar-refractivity contribution in [1.82, 2.24) is 9.80 Å². The second-order valence-electron chi connectivity index (χ2n) is 6.44. The maximum absolute atomic E-state index is 12.7. The molecule has 0 unspecified atom stereocenters. The molecule has 2 aliphatic heterocycles. The first kappa shape index (κ1) is 16.0. The lowest BCUT2D eigenvalue weighted by atomic mass is 10.1. The molecule has 1 aromatic rings. The zero-order valence-electron chi connectivity index (χ0n) is 13.6. The number of piperidine rings is 1. The van der Waals surface area contributed by atoms with Crippen molar-refractivity contribution < 1.29 is 14.7 Å². The van der Waals surface area contributed by atoms with Crippen molar-refractivity contribution in [1.29, 1.82) is 0 Å². The molecule has 2 fully saturated rings. The zero-order chi connectivity index (χ0) is 16.6. The van der Waals surface area contributed by atoms with Crippen LogP contribution in [0.2, 0.25) is 0 Å². The van der Waals surface area contributed by atoms with Crippen LogP contribution in [0.5, 0.6) is 0 Å². The Kier molecular flexibility index (Phi) is 4.37. The van der Waals surface area contributed by atoms with Crippen LogP contribution in [0.25, 0.3) is 0 Å². The zero-order valence-corrected chi connectivity index (χ0v) is 13.6. The number of carbonyl (C=O) groups excluding carboxylic acids is 2. The normalized spacial score (nSPS) is 26.2. The smallest absolute Gasteiger partial charge is 0.333 e. The highest BCUT2D eigenvalue weighted by atomic mass is 16.3. The number of amides is 3. The van der Waals surface area contributed by atoms with Crippen molar-refractivity contribution in [3.63, 3.8) is 0 Å². The van der Waals surface area contributed by atoms with E-state index < -0.39 is 6.04 Å². The summed E-state index contributed by atoms with van der Waals surface area (Å²) in [5.41, 5.74) is 1.85. The molecule has 1 aromatic carbocycles. The van der Waals surface area contributed by atoms with Crippen molar-refractivity contribution in [2.45, 2.75) is 38.8 Å². The molecule has 6 heteroatoms. The number of hydrogen-bond acceptors (Lipinski definition) is 4. The third-order valence-electron chi connectivity index (χ3n) is 4.58. The van der Waals surface area contributed by atoms with Gasteiger partial charge in [0.1, 0.15) is 6.04 Å². The van der Waals surface area contributed by atoms with E-state index in [1.165, 1.54) is 4.90 Å². The lowest BCUT2D eigenvalue weighted by Gasteiger charge is -2.32. The summed E-state index contributed by atoms with van der Waals surface area (Å²) in [6, 6.07) is 6.81. The van der Waals surface area contributed by atoms with Gasteiger partial charge in [0.25, 0.3) is 5.91 Å². The van der Waals surface area contributed by atoms with E-state index in [-0.39, 0.29) is 24.7 Å². The molecule has 2 saturated heterocycles. The first-order chi connectivity index (χ1) is 11.0. The summed E-state index contributed by atoms with van der Waals surface area (Å²) in [7, 11) is 0. The Bertz CT molecular complexity index is 602. The van der Waals surface area contributed by atoms with Gasteiger partial charge >= 0.3 is 6.03 Å². The number of imide groups is 1. The van der Waals surface area contributed by atoms with E-state index >= 15 is 0 Å². The monoisotopic (exact) mass is 317 g/mol. The quantitative estimate of drug-likeness (QED) is 0.860. The molecule has 23 heavy (non-hydrogen) atoms. The van der Waals surface area contributed by atoms with Gasteiger partial charge in [-0.1, -0.05) is 17.7 Å². The second kappa shape index (κ2) is 6.29. The number of aliphatic hydroxyl groups is 1. The van der Waals surface area contributed by atoms with E-state index in [9.17, 15) is 14.7 Å². The fourth-order valence-corrected chi connectivity index (χ4v) is 3.26. The van der Waals surface area contributed by atoms with Crippen LogP contribution in [0, 0.1) is 6.92 Å². The van der Waals surface area contributed by atoms with Crippen LogP contribution in [0.4, 0.5) is 10.5 Å². The number of nitrogens with zero attached hydrogens (tertiary/aromatic N) is 3. The molecule has 124 valence electrons. The molecule has 1 N–H and O–H groups in total. The molecule has 0 saturated carbocycles. The van der Waals surface area contributed by atoms with Gasteiger partial charge in [-0.25, -0.2) is 9.69 Å². The number of aliphatic hydroxyl groups excluding tert-OH is 1. The standard InChI is InChI=1S/C17H23N3O3/c1-12-5-7-14(8-6-12)20-13(2)16(22)19(17(20)23)11-18-9-3-4-15(21)10-18/h5-8,13,15,21H,3-4,9-11H2,1-2H3/t13-,15-/m0/s1. The number of likely N-dealkylation sites (tertiary alicyclic amines) is 1. The average molecular weight is 317 g/mol. The van der Waals surface area contributed by atoms with Gasteiger partial charge < -0.3 is 5.11 Å². The first-order valence-corrected chi connectivity index (χ1v) is 8.09. The number of anilines is 1. The van der Waals surface area contributed by atoms with E-state index in [0.717, 1.165) is 30.6 Å². The van der Waals surface area contributed by atoms with Crippen LogP contribution in [0.3, 0.4) is 0 Å². The van der Waals surface area contributed by atoms with Crippen molar-refractivity contribution >= 4 is 17.6 Å². The Balaban J connectivity index is 1.76. The number of benzene rings is 1. The largest absolute Gasteiger partial charge is 0.392 e. The third kappa shape index (κ3) is 3.09. The third-order valence-corrected chi connectivity index (χ3v) is 4.58. The molecule has 0 bridgehead atoms. The van der Waals surface area contributed by atoms with Gasteiger partial charge in [-0.3, -0.25) is 14.6 Å². The Hall–Kier alpha value is -1.92. The van der Waals surface area contributed by atoms with Gasteiger partial charge in [0.05, 0.1) is 12.8 Å². The summed E-state index contributed by atoms with van der Waals surface area (Å²) in [5, 5.41) is 9.75. The number of aryl methyl sites for hydroxylation is 1. The van der Waals surface area contributed by atoms with E-state index in [1.54, 1.807) is 11.8 Å². The van der Waals surface area contributed by atoms with Crippen molar-refractivity contribution in [3.8, 4) is 0 Å². The van der Waals surface area contributed by atoms with E-state index in [2.05, 4.69) is 0 Å². The van der Waals surface area contributed by atoms with Crippen LogP contribution in [0.1, 0.15) is 25.3 Å². The highest BCUT2D eigenvalue weighted by molar-refractivity contribution is 6.14. The van der Waals surface area contributed by atoms with Crippen LogP contribution >= 0.6 is 0 Å². The number of β-amino-alcohol motifs (C(OH)–C–C–N with tert-alkyl or cyclic N) is 1. The molecule has 3 rings (SSSR count). The van der Waals surface area contributed by atoms with Crippen molar-refractivity contribution in [2.75, 3.05) is 24.7 Å². The Labute approximate surface area is 136 Å². The predicted octanol–water partition coefficient (Wildman–Crippen LogP) is 1.57. The molecule has 3 amide bonds. The number of carbonyl (C=O) groups is 2. The molecule has 0 spiro atoms. The van der Waals surface area contributed by atoms with E-state index in [4.69, 9.17) is 0 Å². The average Bonchev–Trinajstić information content (AvgIpc) is 2.73. The summed E-state index contributed by atoms with van der Waals surface area (Å²) in [4.78, 5) is 30.0. The maximum Gasteiger partial charge on any atom is 0.333 e. The van der Waals surface area contributed by atoms with Gasteiger partial charge in [0.2, 0.25) is 0 Å². The molecule has 2 heterocycles. The fraction of sp³-hybridized carbons (Fsp3) is 0.529. The van der Waals surface area contributed by atoms with Crippen LogP contribution in [0.15, 0.2) is 24.3 Å². The SMILES string of the molecule is Cc1ccc(N2C(=O)N(CN3CCC[C@H](O)C3)C(=O)[C@@H]2C)cc1. The summed E-state index contributed by atoms with van der Waals surface area (Å²) in [5.74, 6) is -0.185. The number of urea groups is 1. The van der Waals surface area contributed by atoms with Gasteiger partial charge in [-0.05, 0) is 38.8 Å². The molecule has 6 nitrogen and oxygen atoms in total. The van der Waals surface area contributed by atoms with Gasteiger partial charge in [0, 0.05) is 18.8 Å².